The summed E-state index contributed by atoms with van der Waals surface area (Å²) in [7, 11) is -0.501. The van der Waals surface area contributed by atoms with Crippen LogP contribution in [0.5, 0.6) is 0 Å². The zero-order valence-electron chi connectivity index (χ0n) is 27.8. The summed E-state index contributed by atoms with van der Waals surface area (Å²) in [5.41, 5.74) is 7.99. The van der Waals surface area contributed by atoms with Crippen molar-refractivity contribution in [2.75, 3.05) is 0 Å². The van der Waals surface area contributed by atoms with Gasteiger partial charge in [-0.05, 0) is 132 Å². The normalized spacial score (nSPS) is 15.9. The summed E-state index contributed by atoms with van der Waals surface area (Å²) in [6.45, 7) is 8.39. The number of hydrogen-bond donors (Lipinski definition) is 0. The molecule has 0 radical (unpaired) electrons. The molecule has 49 heavy (non-hydrogen) atoms. The summed E-state index contributed by atoms with van der Waals surface area (Å²) in [4.78, 5) is 0. The van der Waals surface area contributed by atoms with Gasteiger partial charge >= 0.3 is 7.12 Å². The Morgan fingerprint density at radius 1 is 0.388 bits per heavy atom. The van der Waals surface area contributed by atoms with Crippen molar-refractivity contribution in [1.82, 2.24) is 0 Å². The molecule has 4 nitrogen and oxygen atoms in total. The lowest BCUT2D eigenvalue weighted by molar-refractivity contribution is 0.00578. The van der Waals surface area contributed by atoms with E-state index in [1.807, 2.05) is 0 Å². The number of benzene rings is 7. The van der Waals surface area contributed by atoms with Crippen LogP contribution in [-0.4, -0.2) is 18.3 Å². The highest BCUT2D eigenvalue weighted by atomic mass is 16.7. The average molecular weight is 637 g/mol. The van der Waals surface area contributed by atoms with E-state index in [1.54, 1.807) is 0 Å². The first-order valence-corrected chi connectivity index (χ1v) is 16.9. The van der Waals surface area contributed by atoms with Crippen molar-refractivity contribution in [3.8, 4) is 22.3 Å². The van der Waals surface area contributed by atoms with E-state index in [-0.39, 0.29) is 0 Å². The SMILES string of the molecule is CC1(C)OB(c2cc(-c3ccc4oc5cc6ccccc6cc5c4c3)cc(-c3ccc4oc5cc6ccccc6cc5c4c3)c2)OC1(C)C. The predicted octanol–water partition coefficient (Wildman–Crippen LogP) is 11.4. The zero-order chi connectivity index (χ0) is 33.1. The molecule has 0 aliphatic carbocycles. The van der Waals surface area contributed by atoms with E-state index in [0.717, 1.165) is 71.6 Å². The van der Waals surface area contributed by atoms with Gasteiger partial charge in [0.1, 0.15) is 22.3 Å². The van der Waals surface area contributed by atoms with E-state index in [2.05, 4.69) is 155 Å². The number of fused-ring (bicyclic) bond motifs is 8. The molecule has 0 amide bonds. The zero-order valence-corrected chi connectivity index (χ0v) is 27.8. The summed E-state index contributed by atoms with van der Waals surface area (Å²) >= 11 is 0. The highest BCUT2D eigenvalue weighted by Gasteiger charge is 2.51. The largest absolute Gasteiger partial charge is 0.494 e. The molecule has 1 saturated heterocycles. The van der Waals surface area contributed by atoms with Crippen LogP contribution in [0.1, 0.15) is 27.7 Å². The molecule has 9 aromatic rings. The van der Waals surface area contributed by atoms with Crippen molar-refractivity contribution >= 4 is 78.0 Å². The van der Waals surface area contributed by atoms with Crippen LogP contribution in [0.15, 0.2) is 136 Å². The van der Waals surface area contributed by atoms with Crippen LogP contribution in [0.25, 0.3) is 87.7 Å². The van der Waals surface area contributed by atoms with Gasteiger partial charge in [-0.3, -0.25) is 0 Å². The molecule has 1 fully saturated rings. The van der Waals surface area contributed by atoms with Gasteiger partial charge in [0.15, 0.2) is 0 Å². The Bertz CT molecular complexity index is 2610. The van der Waals surface area contributed by atoms with Gasteiger partial charge in [-0.1, -0.05) is 72.8 Å². The predicted molar refractivity (Wildman–Crippen MR) is 203 cm³/mol. The maximum atomic E-state index is 6.59. The maximum Gasteiger partial charge on any atom is 0.494 e. The Morgan fingerprint density at radius 2 is 0.796 bits per heavy atom. The van der Waals surface area contributed by atoms with Gasteiger partial charge in [-0.2, -0.15) is 0 Å². The van der Waals surface area contributed by atoms with E-state index in [4.69, 9.17) is 18.1 Å². The van der Waals surface area contributed by atoms with Crippen molar-refractivity contribution in [3.05, 3.63) is 127 Å². The molecule has 0 atom stereocenters. The number of furan rings is 2. The van der Waals surface area contributed by atoms with Crippen LogP contribution in [0, 0.1) is 0 Å². The monoisotopic (exact) mass is 636 g/mol. The lowest BCUT2D eigenvalue weighted by Gasteiger charge is -2.32. The molecule has 1 aliphatic rings. The Morgan fingerprint density at radius 3 is 1.24 bits per heavy atom. The molecule has 0 spiro atoms. The van der Waals surface area contributed by atoms with Gasteiger partial charge < -0.3 is 18.1 Å². The summed E-state index contributed by atoms with van der Waals surface area (Å²) in [6, 6.07) is 45.3. The van der Waals surface area contributed by atoms with Gasteiger partial charge in [0, 0.05) is 21.5 Å². The van der Waals surface area contributed by atoms with Gasteiger partial charge in [0.2, 0.25) is 0 Å². The third-order valence-corrected chi connectivity index (χ3v) is 10.8. The van der Waals surface area contributed by atoms with E-state index in [9.17, 15) is 0 Å². The summed E-state index contributed by atoms with van der Waals surface area (Å²) in [5.74, 6) is 0. The molecule has 236 valence electrons. The van der Waals surface area contributed by atoms with Crippen LogP contribution in [0.2, 0.25) is 0 Å². The smallest absolute Gasteiger partial charge is 0.456 e. The second-order valence-electron chi connectivity index (χ2n) is 14.4. The summed E-state index contributed by atoms with van der Waals surface area (Å²) in [6.07, 6.45) is 0. The molecule has 0 saturated carbocycles. The summed E-state index contributed by atoms with van der Waals surface area (Å²) in [5, 5.41) is 9.16. The molecule has 5 heteroatoms. The maximum absolute atomic E-state index is 6.59. The minimum absolute atomic E-state index is 0.456. The molecular weight excluding hydrogens is 603 g/mol. The minimum Gasteiger partial charge on any atom is -0.456 e. The standard InChI is InChI=1S/C44H33BO4/c1-43(2)44(3,4)49-45(48-43)34-18-32(30-13-15-39-35(22-30)37-20-26-9-5-7-11-28(26)24-41(37)46-39)17-33(19-34)31-14-16-40-36(23-31)38-21-27-10-6-8-12-29(27)25-42(38)47-40/h5-25H,1-4H3. The molecule has 0 bridgehead atoms. The third-order valence-electron chi connectivity index (χ3n) is 10.8. The Kier molecular flexibility index (Phi) is 5.89. The van der Waals surface area contributed by atoms with E-state index in [0.29, 0.717) is 0 Å². The van der Waals surface area contributed by atoms with E-state index in [1.165, 1.54) is 21.5 Å². The fourth-order valence-corrected chi connectivity index (χ4v) is 7.38. The molecule has 0 unspecified atom stereocenters. The second-order valence-corrected chi connectivity index (χ2v) is 14.4. The lowest BCUT2D eigenvalue weighted by atomic mass is 9.76. The second kappa shape index (κ2) is 10.1. The topological polar surface area (TPSA) is 44.7 Å². The van der Waals surface area contributed by atoms with Gasteiger partial charge in [0.25, 0.3) is 0 Å². The average Bonchev–Trinajstić information content (AvgIpc) is 3.72. The highest BCUT2D eigenvalue weighted by molar-refractivity contribution is 6.62. The number of hydrogen-bond acceptors (Lipinski definition) is 4. The Labute approximate surface area is 284 Å². The van der Waals surface area contributed by atoms with Crippen LogP contribution in [-0.2, 0) is 9.31 Å². The van der Waals surface area contributed by atoms with Gasteiger partial charge in [0.05, 0.1) is 11.2 Å². The molecular formula is C44H33BO4. The van der Waals surface area contributed by atoms with Gasteiger partial charge in [-0.25, -0.2) is 0 Å². The van der Waals surface area contributed by atoms with E-state index >= 15 is 0 Å². The first-order chi connectivity index (χ1) is 23.7. The quantitative estimate of drug-likeness (QED) is 0.181. The first kappa shape index (κ1) is 28.6. The Hall–Kier alpha value is -5.36. The number of rotatable bonds is 3. The van der Waals surface area contributed by atoms with Crippen molar-refractivity contribution in [1.29, 1.82) is 0 Å². The molecule has 3 heterocycles. The first-order valence-electron chi connectivity index (χ1n) is 16.9. The van der Waals surface area contributed by atoms with E-state index < -0.39 is 18.3 Å². The molecule has 10 rings (SSSR count). The Balaban J connectivity index is 1.16. The molecule has 1 aliphatic heterocycles. The molecule has 7 aromatic carbocycles. The third kappa shape index (κ3) is 4.46. The minimum atomic E-state index is -0.501. The van der Waals surface area contributed by atoms with Crippen molar-refractivity contribution in [2.45, 2.75) is 38.9 Å². The van der Waals surface area contributed by atoms with Crippen molar-refractivity contribution in [2.24, 2.45) is 0 Å². The van der Waals surface area contributed by atoms with Gasteiger partial charge in [-0.15, -0.1) is 0 Å². The van der Waals surface area contributed by atoms with Crippen molar-refractivity contribution in [3.63, 3.8) is 0 Å². The fraction of sp³-hybridized carbons (Fsp3) is 0.136. The molecule has 2 aromatic heterocycles. The van der Waals surface area contributed by atoms with Crippen molar-refractivity contribution < 1.29 is 18.1 Å². The van der Waals surface area contributed by atoms with Crippen LogP contribution in [0.4, 0.5) is 0 Å². The van der Waals surface area contributed by atoms with Crippen LogP contribution in [0.3, 0.4) is 0 Å². The van der Waals surface area contributed by atoms with Crippen LogP contribution >= 0.6 is 0 Å². The highest BCUT2D eigenvalue weighted by Crippen LogP contribution is 2.40. The van der Waals surface area contributed by atoms with Crippen LogP contribution < -0.4 is 5.46 Å². The fourth-order valence-electron chi connectivity index (χ4n) is 7.38. The summed E-state index contributed by atoms with van der Waals surface area (Å²) < 4.78 is 25.9. The molecule has 0 N–H and O–H groups in total. The lowest BCUT2D eigenvalue weighted by Crippen LogP contribution is -2.41.